The van der Waals surface area contributed by atoms with E-state index in [1.807, 2.05) is 0 Å². The first-order valence-electron chi connectivity index (χ1n) is 6.48. The van der Waals surface area contributed by atoms with Gasteiger partial charge in [-0.15, -0.1) is 0 Å². The van der Waals surface area contributed by atoms with Gasteiger partial charge in [0.15, 0.2) is 0 Å². The van der Waals surface area contributed by atoms with Crippen LogP contribution in [-0.2, 0) is 0 Å². The summed E-state index contributed by atoms with van der Waals surface area (Å²) in [6.45, 7) is 4.43. The quantitative estimate of drug-likeness (QED) is 0.855. The van der Waals surface area contributed by atoms with Crippen molar-refractivity contribution < 1.29 is 0 Å². The van der Waals surface area contributed by atoms with E-state index in [0.717, 1.165) is 25.4 Å². The van der Waals surface area contributed by atoms with Crippen molar-refractivity contribution in [2.45, 2.75) is 19.8 Å². The lowest BCUT2D eigenvalue weighted by molar-refractivity contribution is 0.476. The van der Waals surface area contributed by atoms with E-state index < -0.39 is 0 Å². The fourth-order valence-corrected chi connectivity index (χ4v) is 2.32. The summed E-state index contributed by atoms with van der Waals surface area (Å²) in [5, 5.41) is 3.51. The van der Waals surface area contributed by atoms with Gasteiger partial charge in [-0.3, -0.25) is 0 Å². The second-order valence-corrected chi connectivity index (χ2v) is 4.78. The Balaban J connectivity index is 1.88. The molecule has 1 aromatic rings. The Morgan fingerprint density at radius 3 is 2.65 bits per heavy atom. The standard InChI is InChI=1S/C15H22N2/c1-3-14-10-9-13(11-16-14)12-17(2)15-7-5-4-6-8-15/h4-8,10,13,16H,3,9,11-12H2,1-2H3/t13-/m1/s1. The van der Waals surface area contributed by atoms with E-state index in [-0.39, 0.29) is 0 Å². The highest BCUT2D eigenvalue weighted by Gasteiger charge is 2.15. The number of allylic oxidation sites excluding steroid dienone is 2. The molecule has 1 N–H and O–H groups in total. The molecule has 1 atom stereocenters. The number of hydrogen-bond acceptors (Lipinski definition) is 2. The summed E-state index contributed by atoms with van der Waals surface area (Å²) in [6.07, 6.45) is 4.68. The van der Waals surface area contributed by atoms with Crippen LogP contribution in [0.5, 0.6) is 0 Å². The molecule has 1 aromatic carbocycles. The number of nitrogens with one attached hydrogen (secondary N) is 1. The Morgan fingerprint density at radius 1 is 1.29 bits per heavy atom. The Labute approximate surface area is 104 Å². The fraction of sp³-hybridized carbons (Fsp3) is 0.467. The van der Waals surface area contributed by atoms with Gasteiger partial charge in [-0.25, -0.2) is 0 Å². The summed E-state index contributed by atoms with van der Waals surface area (Å²) in [7, 11) is 2.17. The van der Waals surface area contributed by atoms with Crippen LogP contribution in [0.4, 0.5) is 5.69 Å². The van der Waals surface area contributed by atoms with Gasteiger partial charge in [0.05, 0.1) is 0 Å². The Morgan fingerprint density at radius 2 is 2.06 bits per heavy atom. The van der Waals surface area contributed by atoms with Crippen LogP contribution in [0, 0.1) is 5.92 Å². The molecule has 1 aliphatic rings. The SMILES string of the molecule is CCC1=CC[C@@H](CN(C)c2ccccc2)CN1. The van der Waals surface area contributed by atoms with Gasteiger partial charge in [0, 0.05) is 31.5 Å². The summed E-state index contributed by atoms with van der Waals surface area (Å²) in [5.41, 5.74) is 2.71. The Bertz CT molecular complexity index is 370. The maximum Gasteiger partial charge on any atom is 0.0363 e. The van der Waals surface area contributed by atoms with Crippen molar-refractivity contribution in [1.29, 1.82) is 0 Å². The van der Waals surface area contributed by atoms with Crippen LogP contribution in [-0.4, -0.2) is 20.1 Å². The molecular weight excluding hydrogens is 208 g/mol. The first-order valence-corrected chi connectivity index (χ1v) is 6.48. The molecule has 0 saturated carbocycles. The third-order valence-electron chi connectivity index (χ3n) is 3.43. The topological polar surface area (TPSA) is 15.3 Å². The predicted octanol–water partition coefficient (Wildman–Crippen LogP) is 3.03. The number of hydrogen-bond donors (Lipinski definition) is 1. The predicted molar refractivity (Wildman–Crippen MR) is 74.2 cm³/mol. The Hall–Kier alpha value is -1.44. The summed E-state index contributed by atoms with van der Waals surface area (Å²) in [4.78, 5) is 2.34. The van der Waals surface area contributed by atoms with Crippen molar-refractivity contribution in [2.24, 2.45) is 5.92 Å². The smallest absolute Gasteiger partial charge is 0.0363 e. The lowest BCUT2D eigenvalue weighted by Gasteiger charge is -2.29. The highest BCUT2D eigenvalue weighted by molar-refractivity contribution is 5.45. The molecule has 17 heavy (non-hydrogen) atoms. The zero-order valence-electron chi connectivity index (χ0n) is 10.8. The molecular formula is C15H22N2. The average Bonchev–Trinajstić information content (AvgIpc) is 2.40. The second-order valence-electron chi connectivity index (χ2n) is 4.78. The highest BCUT2D eigenvalue weighted by Crippen LogP contribution is 2.18. The minimum Gasteiger partial charge on any atom is -0.388 e. The van der Waals surface area contributed by atoms with Gasteiger partial charge in [0.1, 0.15) is 0 Å². The maximum atomic E-state index is 3.51. The van der Waals surface area contributed by atoms with Gasteiger partial charge >= 0.3 is 0 Å². The molecule has 0 saturated heterocycles. The van der Waals surface area contributed by atoms with Gasteiger partial charge < -0.3 is 10.2 Å². The van der Waals surface area contributed by atoms with Crippen LogP contribution < -0.4 is 10.2 Å². The van der Waals surface area contributed by atoms with E-state index in [4.69, 9.17) is 0 Å². The zero-order chi connectivity index (χ0) is 12.1. The van der Waals surface area contributed by atoms with Gasteiger partial charge in [0.2, 0.25) is 0 Å². The van der Waals surface area contributed by atoms with Crippen LogP contribution >= 0.6 is 0 Å². The largest absolute Gasteiger partial charge is 0.388 e. The molecule has 2 heteroatoms. The molecule has 1 aliphatic heterocycles. The highest BCUT2D eigenvalue weighted by atomic mass is 15.1. The molecule has 0 spiro atoms. The number of nitrogens with zero attached hydrogens (tertiary/aromatic N) is 1. The van der Waals surface area contributed by atoms with Crippen molar-refractivity contribution in [3.63, 3.8) is 0 Å². The molecule has 0 bridgehead atoms. The molecule has 2 nitrogen and oxygen atoms in total. The molecule has 0 radical (unpaired) electrons. The van der Waals surface area contributed by atoms with Crippen LogP contribution in [0.2, 0.25) is 0 Å². The number of rotatable bonds is 4. The van der Waals surface area contributed by atoms with Gasteiger partial charge in [-0.2, -0.15) is 0 Å². The monoisotopic (exact) mass is 230 g/mol. The molecule has 0 aromatic heterocycles. The van der Waals surface area contributed by atoms with Crippen LogP contribution in [0.25, 0.3) is 0 Å². The van der Waals surface area contributed by atoms with Crippen molar-refractivity contribution in [3.05, 3.63) is 42.1 Å². The maximum absolute atomic E-state index is 3.51. The van der Waals surface area contributed by atoms with E-state index in [1.165, 1.54) is 17.8 Å². The molecule has 0 unspecified atom stereocenters. The fourth-order valence-electron chi connectivity index (χ4n) is 2.32. The first-order chi connectivity index (χ1) is 8.29. The van der Waals surface area contributed by atoms with E-state index in [2.05, 4.69) is 60.6 Å². The molecule has 1 heterocycles. The number of benzene rings is 1. The van der Waals surface area contributed by atoms with Gasteiger partial charge in [0.25, 0.3) is 0 Å². The summed E-state index contributed by atoms with van der Waals surface area (Å²) >= 11 is 0. The lowest BCUT2D eigenvalue weighted by Crippen LogP contribution is -2.34. The summed E-state index contributed by atoms with van der Waals surface area (Å²) < 4.78 is 0. The number of para-hydroxylation sites is 1. The molecule has 2 rings (SSSR count). The van der Waals surface area contributed by atoms with E-state index >= 15 is 0 Å². The van der Waals surface area contributed by atoms with E-state index in [0.29, 0.717) is 0 Å². The van der Waals surface area contributed by atoms with Crippen LogP contribution in [0.15, 0.2) is 42.1 Å². The van der Waals surface area contributed by atoms with Crippen LogP contribution in [0.1, 0.15) is 19.8 Å². The molecule has 0 amide bonds. The third-order valence-corrected chi connectivity index (χ3v) is 3.43. The first kappa shape index (κ1) is 12.0. The summed E-state index contributed by atoms with van der Waals surface area (Å²) in [6, 6.07) is 10.6. The molecule has 0 aliphatic carbocycles. The zero-order valence-corrected chi connectivity index (χ0v) is 10.8. The minimum absolute atomic E-state index is 0.718. The van der Waals surface area contributed by atoms with Crippen molar-refractivity contribution in [3.8, 4) is 0 Å². The lowest BCUT2D eigenvalue weighted by atomic mass is 9.99. The van der Waals surface area contributed by atoms with Crippen LogP contribution in [0.3, 0.4) is 0 Å². The molecule has 0 fully saturated rings. The van der Waals surface area contributed by atoms with Gasteiger partial charge in [-0.05, 0) is 30.9 Å². The third kappa shape index (κ3) is 3.26. The number of anilines is 1. The van der Waals surface area contributed by atoms with Crippen molar-refractivity contribution in [2.75, 3.05) is 25.0 Å². The van der Waals surface area contributed by atoms with E-state index in [9.17, 15) is 0 Å². The van der Waals surface area contributed by atoms with Crippen molar-refractivity contribution >= 4 is 5.69 Å². The summed E-state index contributed by atoms with van der Waals surface area (Å²) in [5.74, 6) is 0.718. The van der Waals surface area contributed by atoms with E-state index in [1.54, 1.807) is 0 Å². The Kier molecular flexibility index (Phi) is 4.08. The van der Waals surface area contributed by atoms with Crippen molar-refractivity contribution in [1.82, 2.24) is 5.32 Å². The van der Waals surface area contributed by atoms with Gasteiger partial charge in [-0.1, -0.05) is 31.2 Å². The second kappa shape index (κ2) is 5.76. The minimum atomic E-state index is 0.718. The average molecular weight is 230 g/mol. The molecule has 92 valence electrons. The normalized spacial score (nSPS) is 19.4.